The minimum atomic E-state index is -0.854. The Bertz CT molecular complexity index is 378. The van der Waals surface area contributed by atoms with Gasteiger partial charge in [0.25, 0.3) is 0 Å². The molecule has 0 unspecified atom stereocenters. The molecule has 2 rings (SSSR count). The third-order valence-corrected chi connectivity index (χ3v) is 2.79. The lowest BCUT2D eigenvalue weighted by Crippen LogP contribution is -2.35. The van der Waals surface area contributed by atoms with Gasteiger partial charge in [0.05, 0.1) is 0 Å². The van der Waals surface area contributed by atoms with Crippen LogP contribution in [0.4, 0.5) is 0 Å². The van der Waals surface area contributed by atoms with Crippen LogP contribution >= 0.6 is 11.6 Å². The SMILES string of the molecule is O=C(O)[C@H]1NCCc2c(Cl)cccc21. The second kappa shape index (κ2) is 3.59. The quantitative estimate of drug-likeness (QED) is 0.742. The largest absolute Gasteiger partial charge is 0.480 e. The zero-order chi connectivity index (χ0) is 10.1. The van der Waals surface area contributed by atoms with E-state index < -0.39 is 12.0 Å². The van der Waals surface area contributed by atoms with Crippen LogP contribution in [0.5, 0.6) is 0 Å². The van der Waals surface area contributed by atoms with Gasteiger partial charge in [-0.3, -0.25) is 4.79 Å². The Labute approximate surface area is 86.7 Å². The van der Waals surface area contributed by atoms with Crippen molar-refractivity contribution >= 4 is 17.6 Å². The maximum Gasteiger partial charge on any atom is 0.325 e. The number of aliphatic carboxylic acids is 1. The molecule has 0 aromatic heterocycles. The van der Waals surface area contributed by atoms with Crippen LogP contribution in [-0.2, 0) is 11.2 Å². The van der Waals surface area contributed by atoms with E-state index in [0.29, 0.717) is 11.6 Å². The molecule has 1 heterocycles. The molecule has 1 aromatic carbocycles. The Balaban J connectivity index is 2.49. The summed E-state index contributed by atoms with van der Waals surface area (Å²) in [5.41, 5.74) is 1.75. The fourth-order valence-electron chi connectivity index (χ4n) is 1.78. The van der Waals surface area contributed by atoms with Crippen LogP contribution in [-0.4, -0.2) is 17.6 Å². The van der Waals surface area contributed by atoms with E-state index in [-0.39, 0.29) is 0 Å². The summed E-state index contributed by atoms with van der Waals surface area (Å²) < 4.78 is 0. The molecule has 74 valence electrons. The second-order valence-electron chi connectivity index (χ2n) is 3.28. The number of hydrogen-bond acceptors (Lipinski definition) is 2. The molecule has 3 nitrogen and oxygen atoms in total. The third kappa shape index (κ3) is 1.49. The molecule has 1 aliphatic heterocycles. The van der Waals surface area contributed by atoms with E-state index in [2.05, 4.69) is 5.32 Å². The molecule has 4 heteroatoms. The predicted octanol–water partition coefficient (Wildman–Crippen LogP) is 1.61. The van der Waals surface area contributed by atoms with Crippen LogP contribution in [0.2, 0.25) is 5.02 Å². The molecule has 0 saturated heterocycles. The maximum atomic E-state index is 10.9. The number of benzene rings is 1. The maximum absolute atomic E-state index is 10.9. The van der Waals surface area contributed by atoms with Crippen molar-refractivity contribution in [1.29, 1.82) is 0 Å². The van der Waals surface area contributed by atoms with Crippen LogP contribution in [0.3, 0.4) is 0 Å². The van der Waals surface area contributed by atoms with Gasteiger partial charge in [0.15, 0.2) is 0 Å². The van der Waals surface area contributed by atoms with Crippen molar-refractivity contribution in [3.05, 3.63) is 34.3 Å². The molecule has 0 saturated carbocycles. The predicted molar refractivity (Wildman–Crippen MR) is 53.5 cm³/mol. The molecule has 0 aliphatic carbocycles. The van der Waals surface area contributed by atoms with Gasteiger partial charge in [-0.15, -0.1) is 0 Å². The number of carboxylic acid groups (broad SMARTS) is 1. The summed E-state index contributed by atoms with van der Waals surface area (Å²) in [4.78, 5) is 10.9. The highest BCUT2D eigenvalue weighted by Crippen LogP contribution is 2.28. The Morgan fingerprint density at radius 1 is 1.57 bits per heavy atom. The van der Waals surface area contributed by atoms with Crippen LogP contribution in [0.15, 0.2) is 18.2 Å². The number of rotatable bonds is 1. The summed E-state index contributed by atoms with van der Waals surface area (Å²) in [5, 5.41) is 12.6. The normalized spacial score (nSPS) is 20.2. The second-order valence-corrected chi connectivity index (χ2v) is 3.69. The van der Waals surface area contributed by atoms with Crippen molar-refractivity contribution in [2.45, 2.75) is 12.5 Å². The zero-order valence-corrected chi connectivity index (χ0v) is 8.21. The number of fused-ring (bicyclic) bond motifs is 1. The van der Waals surface area contributed by atoms with Crippen molar-refractivity contribution < 1.29 is 9.90 Å². The van der Waals surface area contributed by atoms with Gasteiger partial charge in [0.1, 0.15) is 6.04 Å². The average Bonchev–Trinajstić information content (AvgIpc) is 2.17. The van der Waals surface area contributed by atoms with Crippen molar-refractivity contribution in [2.75, 3.05) is 6.54 Å². The highest BCUT2D eigenvalue weighted by atomic mass is 35.5. The van der Waals surface area contributed by atoms with E-state index in [1.54, 1.807) is 12.1 Å². The molecule has 0 fully saturated rings. The fourth-order valence-corrected chi connectivity index (χ4v) is 2.06. The highest BCUT2D eigenvalue weighted by Gasteiger charge is 2.26. The topological polar surface area (TPSA) is 49.3 Å². The van der Waals surface area contributed by atoms with Crippen molar-refractivity contribution in [1.82, 2.24) is 5.32 Å². The van der Waals surface area contributed by atoms with Gasteiger partial charge in [0, 0.05) is 11.6 Å². The summed E-state index contributed by atoms with van der Waals surface area (Å²) in [5.74, 6) is -0.854. The minimum Gasteiger partial charge on any atom is -0.480 e. The molecule has 1 aromatic rings. The molecule has 1 aliphatic rings. The molecular weight excluding hydrogens is 202 g/mol. The van der Waals surface area contributed by atoms with Gasteiger partial charge in [-0.25, -0.2) is 0 Å². The third-order valence-electron chi connectivity index (χ3n) is 2.44. The lowest BCUT2D eigenvalue weighted by molar-refractivity contribution is -0.139. The zero-order valence-electron chi connectivity index (χ0n) is 7.46. The number of nitrogens with one attached hydrogen (secondary N) is 1. The molecule has 2 N–H and O–H groups in total. The van der Waals surface area contributed by atoms with E-state index in [9.17, 15) is 4.79 Å². The first kappa shape index (κ1) is 9.49. The Morgan fingerprint density at radius 2 is 2.36 bits per heavy atom. The molecule has 14 heavy (non-hydrogen) atoms. The average molecular weight is 212 g/mol. The number of hydrogen-bond donors (Lipinski definition) is 2. The van der Waals surface area contributed by atoms with E-state index in [1.807, 2.05) is 6.07 Å². The molecule has 1 atom stereocenters. The molecule has 0 bridgehead atoms. The first-order valence-corrected chi connectivity index (χ1v) is 4.81. The van der Waals surface area contributed by atoms with Gasteiger partial charge in [-0.2, -0.15) is 0 Å². The Kier molecular flexibility index (Phi) is 2.44. The summed E-state index contributed by atoms with van der Waals surface area (Å²) >= 11 is 5.99. The van der Waals surface area contributed by atoms with Crippen LogP contribution in [0, 0.1) is 0 Å². The highest BCUT2D eigenvalue weighted by molar-refractivity contribution is 6.31. The van der Waals surface area contributed by atoms with E-state index in [1.165, 1.54) is 0 Å². The molecule has 0 spiro atoms. The number of carbonyl (C=O) groups is 1. The van der Waals surface area contributed by atoms with Gasteiger partial charge in [-0.05, 0) is 23.6 Å². The van der Waals surface area contributed by atoms with Crippen LogP contribution < -0.4 is 5.32 Å². The van der Waals surface area contributed by atoms with Gasteiger partial charge in [-0.1, -0.05) is 23.7 Å². The summed E-state index contributed by atoms with van der Waals surface area (Å²) in [6, 6.07) is 4.78. The van der Waals surface area contributed by atoms with E-state index in [0.717, 1.165) is 17.5 Å². The monoisotopic (exact) mass is 211 g/mol. The summed E-state index contributed by atoms with van der Waals surface area (Å²) in [6.07, 6.45) is 0.790. The van der Waals surface area contributed by atoms with Crippen molar-refractivity contribution in [3.8, 4) is 0 Å². The molecular formula is C10H10ClNO2. The van der Waals surface area contributed by atoms with Gasteiger partial charge < -0.3 is 10.4 Å². The van der Waals surface area contributed by atoms with E-state index >= 15 is 0 Å². The summed E-state index contributed by atoms with van der Waals surface area (Å²) in [6.45, 7) is 0.660. The van der Waals surface area contributed by atoms with Crippen LogP contribution in [0.25, 0.3) is 0 Å². The first-order chi connectivity index (χ1) is 6.70. The fraction of sp³-hybridized carbons (Fsp3) is 0.300. The van der Waals surface area contributed by atoms with Gasteiger partial charge >= 0.3 is 5.97 Å². The molecule has 0 amide bonds. The lowest BCUT2D eigenvalue weighted by atomic mass is 9.94. The van der Waals surface area contributed by atoms with E-state index in [4.69, 9.17) is 16.7 Å². The van der Waals surface area contributed by atoms with Crippen molar-refractivity contribution in [2.24, 2.45) is 0 Å². The van der Waals surface area contributed by atoms with Crippen LogP contribution in [0.1, 0.15) is 17.2 Å². The summed E-state index contributed by atoms with van der Waals surface area (Å²) in [7, 11) is 0. The Morgan fingerprint density at radius 3 is 3.07 bits per heavy atom. The standard InChI is InChI=1S/C10H10ClNO2/c11-8-3-1-2-7-6(8)4-5-12-9(7)10(13)14/h1-3,9,12H,4-5H2,(H,13,14)/t9-/m0/s1. The smallest absolute Gasteiger partial charge is 0.325 e. The Hall–Kier alpha value is -1.06. The number of carboxylic acids is 1. The number of halogens is 1. The lowest BCUT2D eigenvalue weighted by Gasteiger charge is -2.24. The van der Waals surface area contributed by atoms with Gasteiger partial charge in [0.2, 0.25) is 0 Å². The first-order valence-electron chi connectivity index (χ1n) is 4.43. The minimum absolute atomic E-state index is 0.613. The van der Waals surface area contributed by atoms with Crippen molar-refractivity contribution in [3.63, 3.8) is 0 Å². The molecule has 0 radical (unpaired) electrons.